The van der Waals surface area contributed by atoms with E-state index in [4.69, 9.17) is 0 Å². The number of anilines is 2. The minimum atomic E-state index is -0.388. The molecule has 0 aliphatic rings. The number of carbonyl (C=O) groups excluding carboxylic acids is 1. The van der Waals surface area contributed by atoms with Gasteiger partial charge >= 0.3 is 0 Å². The third kappa shape index (κ3) is 4.56. The van der Waals surface area contributed by atoms with Gasteiger partial charge in [0.25, 0.3) is 0 Å². The molecular weight excluding hydrogens is 269 g/mol. The third-order valence-electron chi connectivity index (χ3n) is 2.79. The summed E-state index contributed by atoms with van der Waals surface area (Å²) in [6, 6.07) is 8.08. The molecule has 0 saturated carbocycles. The highest BCUT2D eigenvalue weighted by Gasteiger charge is 2.10. The van der Waals surface area contributed by atoms with Gasteiger partial charge in [0.2, 0.25) is 5.91 Å². The van der Waals surface area contributed by atoms with Crippen LogP contribution in [0.2, 0.25) is 0 Å². The molecule has 0 aliphatic carbocycles. The van der Waals surface area contributed by atoms with Crippen LogP contribution in [0.4, 0.5) is 15.8 Å². The Hall–Kier alpha value is -2.43. The molecule has 1 heterocycles. The Balaban J connectivity index is 2.11. The highest BCUT2D eigenvalue weighted by Crippen LogP contribution is 2.23. The lowest BCUT2D eigenvalue weighted by Gasteiger charge is -2.15. The molecule has 0 unspecified atom stereocenters. The zero-order valence-corrected chi connectivity index (χ0v) is 12.1. The molecule has 0 saturated heterocycles. The first kappa shape index (κ1) is 15.0. The number of benzene rings is 1. The standard InChI is InChI=1S/C16H18FN3O/c1-11(2)19-14-6-5-13(17)9-15(14)20-16(21)8-12-4-3-7-18-10-12/h3-7,9-11,19H,8H2,1-2H3,(H,20,21). The SMILES string of the molecule is CC(C)Nc1ccc(F)cc1NC(=O)Cc1cccnc1. The molecule has 5 heteroatoms. The summed E-state index contributed by atoms with van der Waals surface area (Å²) < 4.78 is 13.4. The van der Waals surface area contributed by atoms with Gasteiger partial charge in [0.05, 0.1) is 17.8 Å². The van der Waals surface area contributed by atoms with Crippen molar-refractivity contribution in [2.45, 2.75) is 26.3 Å². The average molecular weight is 287 g/mol. The van der Waals surface area contributed by atoms with Gasteiger partial charge in [-0.2, -0.15) is 0 Å². The van der Waals surface area contributed by atoms with E-state index in [1.807, 2.05) is 19.9 Å². The van der Waals surface area contributed by atoms with Crippen LogP contribution < -0.4 is 10.6 Å². The van der Waals surface area contributed by atoms with Crippen molar-refractivity contribution in [2.24, 2.45) is 0 Å². The summed E-state index contributed by atoms with van der Waals surface area (Å²) in [5.74, 6) is -0.596. The maximum atomic E-state index is 13.4. The number of carbonyl (C=O) groups is 1. The van der Waals surface area contributed by atoms with Gasteiger partial charge in [0, 0.05) is 18.4 Å². The monoisotopic (exact) mass is 287 g/mol. The highest BCUT2D eigenvalue weighted by atomic mass is 19.1. The van der Waals surface area contributed by atoms with Gasteiger partial charge in [-0.1, -0.05) is 6.07 Å². The Morgan fingerprint density at radius 3 is 2.76 bits per heavy atom. The van der Waals surface area contributed by atoms with E-state index in [2.05, 4.69) is 15.6 Å². The first-order valence-corrected chi connectivity index (χ1v) is 6.79. The predicted molar refractivity (Wildman–Crippen MR) is 81.7 cm³/mol. The van der Waals surface area contributed by atoms with E-state index in [0.717, 1.165) is 5.56 Å². The van der Waals surface area contributed by atoms with Crippen LogP contribution in [0.5, 0.6) is 0 Å². The second-order valence-electron chi connectivity index (χ2n) is 5.08. The molecule has 1 amide bonds. The number of hydrogen-bond donors (Lipinski definition) is 2. The normalized spacial score (nSPS) is 10.5. The molecule has 2 N–H and O–H groups in total. The van der Waals surface area contributed by atoms with Crippen molar-refractivity contribution in [3.05, 3.63) is 54.1 Å². The van der Waals surface area contributed by atoms with E-state index in [-0.39, 0.29) is 24.2 Å². The summed E-state index contributed by atoms with van der Waals surface area (Å²) in [6.45, 7) is 3.95. The van der Waals surface area contributed by atoms with Crippen LogP contribution in [0.3, 0.4) is 0 Å². The van der Waals surface area contributed by atoms with Crippen molar-refractivity contribution in [1.82, 2.24) is 4.98 Å². The van der Waals surface area contributed by atoms with E-state index >= 15 is 0 Å². The van der Waals surface area contributed by atoms with Gasteiger partial charge in [-0.05, 0) is 43.7 Å². The molecule has 1 aromatic heterocycles. The summed E-state index contributed by atoms with van der Waals surface area (Å²) in [5.41, 5.74) is 1.95. The number of halogens is 1. The summed E-state index contributed by atoms with van der Waals surface area (Å²) in [4.78, 5) is 16.0. The molecule has 4 nitrogen and oxygen atoms in total. The fourth-order valence-corrected chi connectivity index (χ4v) is 1.94. The lowest BCUT2D eigenvalue weighted by Crippen LogP contribution is -2.18. The topological polar surface area (TPSA) is 54.0 Å². The van der Waals surface area contributed by atoms with E-state index in [9.17, 15) is 9.18 Å². The molecule has 0 aliphatic heterocycles. The second-order valence-corrected chi connectivity index (χ2v) is 5.08. The van der Waals surface area contributed by atoms with Crippen LogP contribution >= 0.6 is 0 Å². The van der Waals surface area contributed by atoms with Crippen LogP contribution in [-0.2, 0) is 11.2 Å². The van der Waals surface area contributed by atoms with Crippen LogP contribution in [-0.4, -0.2) is 16.9 Å². The molecule has 0 atom stereocenters. The zero-order valence-electron chi connectivity index (χ0n) is 12.1. The van der Waals surface area contributed by atoms with Gasteiger partial charge in [-0.3, -0.25) is 9.78 Å². The number of nitrogens with one attached hydrogen (secondary N) is 2. The van der Waals surface area contributed by atoms with Crippen LogP contribution in [0.15, 0.2) is 42.7 Å². The van der Waals surface area contributed by atoms with Crippen molar-refractivity contribution in [2.75, 3.05) is 10.6 Å². The van der Waals surface area contributed by atoms with Crippen LogP contribution in [0.1, 0.15) is 19.4 Å². The second kappa shape index (κ2) is 6.83. The number of rotatable bonds is 5. The number of amides is 1. The van der Waals surface area contributed by atoms with E-state index in [0.29, 0.717) is 11.4 Å². The highest BCUT2D eigenvalue weighted by molar-refractivity contribution is 5.95. The summed E-state index contributed by atoms with van der Waals surface area (Å²) >= 11 is 0. The van der Waals surface area contributed by atoms with Crippen molar-refractivity contribution < 1.29 is 9.18 Å². The quantitative estimate of drug-likeness (QED) is 0.887. The smallest absolute Gasteiger partial charge is 0.228 e. The Kier molecular flexibility index (Phi) is 4.87. The fraction of sp³-hybridized carbons (Fsp3) is 0.250. The van der Waals surface area contributed by atoms with E-state index < -0.39 is 0 Å². The molecule has 110 valence electrons. The molecule has 21 heavy (non-hydrogen) atoms. The number of hydrogen-bond acceptors (Lipinski definition) is 3. The third-order valence-corrected chi connectivity index (χ3v) is 2.79. The molecule has 0 radical (unpaired) electrons. The van der Waals surface area contributed by atoms with E-state index in [1.165, 1.54) is 12.1 Å². The van der Waals surface area contributed by atoms with Gasteiger partial charge < -0.3 is 10.6 Å². The summed E-state index contributed by atoms with van der Waals surface area (Å²) in [7, 11) is 0. The van der Waals surface area contributed by atoms with Crippen molar-refractivity contribution in [1.29, 1.82) is 0 Å². The molecular formula is C16H18FN3O. The Labute approximate surface area is 123 Å². The Bertz CT molecular complexity index is 614. The number of nitrogens with zero attached hydrogens (tertiary/aromatic N) is 1. The maximum absolute atomic E-state index is 13.4. The maximum Gasteiger partial charge on any atom is 0.228 e. The lowest BCUT2D eigenvalue weighted by molar-refractivity contribution is -0.115. The van der Waals surface area contributed by atoms with E-state index in [1.54, 1.807) is 24.5 Å². The van der Waals surface area contributed by atoms with Gasteiger partial charge in [-0.25, -0.2) is 4.39 Å². The first-order chi connectivity index (χ1) is 10.0. The molecule has 2 rings (SSSR count). The lowest BCUT2D eigenvalue weighted by atomic mass is 10.2. The molecule has 1 aromatic carbocycles. The minimum Gasteiger partial charge on any atom is -0.381 e. The number of aromatic nitrogens is 1. The van der Waals surface area contributed by atoms with Crippen molar-refractivity contribution >= 4 is 17.3 Å². The molecule has 2 aromatic rings. The largest absolute Gasteiger partial charge is 0.381 e. The summed E-state index contributed by atoms with van der Waals surface area (Å²) in [6.07, 6.45) is 3.49. The first-order valence-electron chi connectivity index (χ1n) is 6.79. The van der Waals surface area contributed by atoms with Crippen molar-refractivity contribution in [3.63, 3.8) is 0 Å². The fourth-order valence-electron chi connectivity index (χ4n) is 1.94. The molecule has 0 spiro atoms. The predicted octanol–water partition coefficient (Wildman–Crippen LogP) is 3.22. The molecule has 0 bridgehead atoms. The van der Waals surface area contributed by atoms with Gasteiger partial charge in [-0.15, -0.1) is 0 Å². The van der Waals surface area contributed by atoms with Crippen molar-refractivity contribution in [3.8, 4) is 0 Å². The minimum absolute atomic E-state index is 0.185. The van der Waals surface area contributed by atoms with Gasteiger partial charge in [0.1, 0.15) is 5.82 Å². The Morgan fingerprint density at radius 1 is 1.29 bits per heavy atom. The summed E-state index contributed by atoms with van der Waals surface area (Å²) in [5, 5.41) is 5.91. The number of pyridine rings is 1. The average Bonchev–Trinajstić information content (AvgIpc) is 2.42. The van der Waals surface area contributed by atoms with Crippen LogP contribution in [0, 0.1) is 5.82 Å². The molecule has 0 fully saturated rings. The Morgan fingerprint density at radius 2 is 2.10 bits per heavy atom. The zero-order chi connectivity index (χ0) is 15.2. The van der Waals surface area contributed by atoms with Gasteiger partial charge in [0.15, 0.2) is 0 Å². The van der Waals surface area contributed by atoms with Crippen LogP contribution in [0.25, 0.3) is 0 Å².